The van der Waals surface area contributed by atoms with Crippen molar-refractivity contribution in [3.8, 4) is 0 Å². The van der Waals surface area contributed by atoms with Gasteiger partial charge in [0.25, 0.3) is 0 Å². The number of hydrogen-bond donors (Lipinski definition) is 2. The maximum atomic E-state index is 11.1. The van der Waals surface area contributed by atoms with Crippen molar-refractivity contribution in [1.29, 1.82) is 0 Å². The largest absolute Gasteiger partial charge is 0.356 e. The lowest BCUT2D eigenvalue weighted by atomic mass is 10.3. The molecule has 70 valence electrons. The van der Waals surface area contributed by atoms with Gasteiger partial charge >= 0.3 is 0 Å². The topological polar surface area (TPSA) is 41.1 Å². The van der Waals surface area contributed by atoms with Crippen molar-refractivity contribution in [2.45, 2.75) is 38.6 Å². The molecular formula is C9H18N2O. The van der Waals surface area contributed by atoms with Gasteiger partial charge in [0, 0.05) is 25.6 Å². The van der Waals surface area contributed by atoms with Crippen LogP contribution in [0.15, 0.2) is 0 Å². The van der Waals surface area contributed by atoms with Gasteiger partial charge in [0.2, 0.25) is 5.91 Å². The van der Waals surface area contributed by atoms with Crippen molar-refractivity contribution in [2.24, 2.45) is 0 Å². The summed E-state index contributed by atoms with van der Waals surface area (Å²) in [7, 11) is 0. The Balaban J connectivity index is 1.86. The van der Waals surface area contributed by atoms with Gasteiger partial charge in [-0.15, -0.1) is 0 Å². The zero-order valence-electron chi connectivity index (χ0n) is 7.73. The minimum atomic E-state index is 0.171. The van der Waals surface area contributed by atoms with Crippen LogP contribution < -0.4 is 10.6 Å². The van der Waals surface area contributed by atoms with E-state index >= 15 is 0 Å². The first kappa shape index (κ1) is 9.52. The minimum absolute atomic E-state index is 0.171. The molecule has 0 aliphatic heterocycles. The first-order valence-electron chi connectivity index (χ1n) is 4.83. The molecule has 1 aliphatic carbocycles. The van der Waals surface area contributed by atoms with Crippen LogP contribution in [0.1, 0.15) is 32.6 Å². The Labute approximate surface area is 73.9 Å². The van der Waals surface area contributed by atoms with Gasteiger partial charge in [-0.2, -0.15) is 0 Å². The second-order valence-corrected chi connectivity index (χ2v) is 3.33. The van der Waals surface area contributed by atoms with Crippen molar-refractivity contribution in [2.75, 3.05) is 13.1 Å². The average Bonchev–Trinajstić information content (AvgIpc) is 2.84. The zero-order valence-corrected chi connectivity index (χ0v) is 7.73. The predicted octanol–water partition coefficient (Wildman–Crippen LogP) is 0.655. The Morgan fingerprint density at radius 3 is 2.75 bits per heavy atom. The molecule has 1 fully saturated rings. The third kappa shape index (κ3) is 4.34. The van der Waals surface area contributed by atoms with Gasteiger partial charge in [-0.1, -0.05) is 6.92 Å². The Kier molecular flexibility index (Phi) is 4.08. The molecule has 0 radical (unpaired) electrons. The van der Waals surface area contributed by atoms with Crippen molar-refractivity contribution >= 4 is 5.91 Å². The molecule has 0 aromatic carbocycles. The van der Waals surface area contributed by atoms with Crippen molar-refractivity contribution in [3.05, 3.63) is 0 Å². The summed E-state index contributed by atoms with van der Waals surface area (Å²) in [6.45, 7) is 3.70. The summed E-state index contributed by atoms with van der Waals surface area (Å²) in [4.78, 5) is 11.1. The van der Waals surface area contributed by atoms with Crippen LogP contribution in [0.3, 0.4) is 0 Å². The van der Waals surface area contributed by atoms with Gasteiger partial charge in [0.15, 0.2) is 0 Å². The van der Waals surface area contributed by atoms with E-state index in [-0.39, 0.29) is 5.91 Å². The number of amides is 1. The molecule has 0 atom stereocenters. The number of nitrogens with one attached hydrogen (secondary N) is 2. The first-order valence-corrected chi connectivity index (χ1v) is 4.83. The molecule has 3 heteroatoms. The summed E-state index contributed by atoms with van der Waals surface area (Å²) < 4.78 is 0. The molecule has 2 N–H and O–H groups in total. The summed E-state index contributed by atoms with van der Waals surface area (Å²) in [5.41, 5.74) is 0. The molecule has 0 bridgehead atoms. The van der Waals surface area contributed by atoms with Crippen LogP contribution in [0.25, 0.3) is 0 Å². The summed E-state index contributed by atoms with van der Waals surface area (Å²) in [5, 5.41) is 6.15. The van der Waals surface area contributed by atoms with E-state index in [4.69, 9.17) is 0 Å². The van der Waals surface area contributed by atoms with Crippen LogP contribution in [0, 0.1) is 0 Å². The highest BCUT2D eigenvalue weighted by molar-refractivity contribution is 5.75. The summed E-state index contributed by atoms with van der Waals surface area (Å²) in [6, 6.07) is 0.712. The SMILES string of the molecule is CCCNC(=O)CCNC1CC1. The fourth-order valence-electron chi connectivity index (χ4n) is 1.03. The lowest BCUT2D eigenvalue weighted by Gasteiger charge is -2.03. The smallest absolute Gasteiger partial charge is 0.221 e. The van der Waals surface area contributed by atoms with Crippen molar-refractivity contribution in [3.63, 3.8) is 0 Å². The molecule has 0 aromatic rings. The molecular weight excluding hydrogens is 152 g/mol. The standard InChI is InChI=1S/C9H18N2O/c1-2-6-11-9(12)5-7-10-8-3-4-8/h8,10H,2-7H2,1H3,(H,11,12). The molecule has 1 aliphatic rings. The Morgan fingerprint density at radius 1 is 1.42 bits per heavy atom. The van der Waals surface area contributed by atoms with Crippen LogP contribution in [-0.2, 0) is 4.79 Å². The molecule has 0 spiro atoms. The zero-order chi connectivity index (χ0) is 8.81. The van der Waals surface area contributed by atoms with E-state index in [9.17, 15) is 4.79 Å². The maximum Gasteiger partial charge on any atom is 0.221 e. The molecule has 0 heterocycles. The number of carbonyl (C=O) groups excluding carboxylic acids is 1. The Hall–Kier alpha value is -0.570. The van der Waals surface area contributed by atoms with E-state index in [0.717, 1.165) is 19.5 Å². The maximum absolute atomic E-state index is 11.1. The van der Waals surface area contributed by atoms with Crippen LogP contribution >= 0.6 is 0 Å². The van der Waals surface area contributed by atoms with E-state index in [0.29, 0.717) is 12.5 Å². The van der Waals surface area contributed by atoms with Crippen molar-refractivity contribution in [1.82, 2.24) is 10.6 Å². The lowest BCUT2D eigenvalue weighted by Crippen LogP contribution is -2.28. The van der Waals surface area contributed by atoms with Gasteiger partial charge in [-0.25, -0.2) is 0 Å². The van der Waals surface area contributed by atoms with Crippen molar-refractivity contribution < 1.29 is 4.79 Å². The second kappa shape index (κ2) is 5.14. The van der Waals surface area contributed by atoms with Gasteiger partial charge in [-0.05, 0) is 19.3 Å². The Bertz CT molecular complexity index is 143. The number of rotatable bonds is 6. The van der Waals surface area contributed by atoms with E-state index in [2.05, 4.69) is 17.6 Å². The van der Waals surface area contributed by atoms with Gasteiger partial charge in [0.1, 0.15) is 0 Å². The van der Waals surface area contributed by atoms with Crippen LogP contribution in [0.2, 0.25) is 0 Å². The number of hydrogen-bond acceptors (Lipinski definition) is 2. The molecule has 12 heavy (non-hydrogen) atoms. The monoisotopic (exact) mass is 170 g/mol. The quantitative estimate of drug-likeness (QED) is 0.614. The molecule has 1 amide bonds. The Morgan fingerprint density at radius 2 is 2.17 bits per heavy atom. The van der Waals surface area contributed by atoms with Crippen LogP contribution in [0.5, 0.6) is 0 Å². The summed E-state index contributed by atoms with van der Waals surface area (Å²) in [5.74, 6) is 0.171. The lowest BCUT2D eigenvalue weighted by molar-refractivity contribution is -0.120. The molecule has 0 saturated heterocycles. The first-order chi connectivity index (χ1) is 5.83. The van der Waals surface area contributed by atoms with Gasteiger partial charge in [-0.3, -0.25) is 4.79 Å². The van der Waals surface area contributed by atoms with E-state index in [1.54, 1.807) is 0 Å². The van der Waals surface area contributed by atoms with Gasteiger partial charge in [0.05, 0.1) is 0 Å². The van der Waals surface area contributed by atoms with Gasteiger partial charge < -0.3 is 10.6 Å². The van der Waals surface area contributed by atoms with Crippen LogP contribution in [-0.4, -0.2) is 25.0 Å². The molecule has 0 unspecified atom stereocenters. The molecule has 1 rings (SSSR count). The summed E-state index contributed by atoms with van der Waals surface area (Å²) in [6.07, 6.45) is 4.21. The number of carbonyl (C=O) groups is 1. The van der Waals surface area contributed by atoms with E-state index in [1.807, 2.05) is 0 Å². The highest BCUT2D eigenvalue weighted by atomic mass is 16.1. The second-order valence-electron chi connectivity index (χ2n) is 3.33. The van der Waals surface area contributed by atoms with Crippen LogP contribution in [0.4, 0.5) is 0 Å². The third-order valence-electron chi connectivity index (χ3n) is 1.93. The minimum Gasteiger partial charge on any atom is -0.356 e. The third-order valence-corrected chi connectivity index (χ3v) is 1.93. The molecule has 0 aromatic heterocycles. The van der Waals surface area contributed by atoms with E-state index < -0.39 is 0 Å². The molecule has 1 saturated carbocycles. The van der Waals surface area contributed by atoms with E-state index in [1.165, 1.54) is 12.8 Å². The fourth-order valence-corrected chi connectivity index (χ4v) is 1.03. The summed E-state index contributed by atoms with van der Waals surface area (Å²) >= 11 is 0. The fraction of sp³-hybridized carbons (Fsp3) is 0.889. The molecule has 3 nitrogen and oxygen atoms in total. The average molecular weight is 170 g/mol. The predicted molar refractivity (Wildman–Crippen MR) is 48.9 cm³/mol. The highest BCUT2D eigenvalue weighted by Crippen LogP contribution is 2.18. The highest BCUT2D eigenvalue weighted by Gasteiger charge is 2.19. The normalized spacial score (nSPS) is 16.1.